The third kappa shape index (κ3) is 1.70. The number of nitrogens with two attached hydrogens (primary N) is 1. The predicted octanol–water partition coefficient (Wildman–Crippen LogP) is 0.126. The van der Waals surface area contributed by atoms with Gasteiger partial charge in [-0.25, -0.2) is 0 Å². The van der Waals surface area contributed by atoms with Crippen molar-refractivity contribution in [2.45, 2.75) is 25.0 Å². The summed E-state index contributed by atoms with van der Waals surface area (Å²) >= 11 is 0. The zero-order valence-electron chi connectivity index (χ0n) is 5.34. The molecule has 2 N–H and O–H groups in total. The van der Waals surface area contributed by atoms with E-state index in [1.807, 2.05) is 0 Å². The summed E-state index contributed by atoms with van der Waals surface area (Å²) in [4.78, 5) is 0. The van der Waals surface area contributed by atoms with E-state index in [9.17, 15) is 0 Å². The maximum atomic E-state index is 5.63. The minimum atomic E-state index is -0.0336. The normalized spacial score (nSPS) is 35.6. The molecule has 0 aliphatic carbocycles. The lowest BCUT2D eigenvalue weighted by atomic mass is 10.1. The van der Waals surface area contributed by atoms with Crippen molar-refractivity contribution >= 4 is 0 Å². The highest BCUT2D eigenvalue weighted by atomic mass is 16.5. The van der Waals surface area contributed by atoms with E-state index < -0.39 is 0 Å². The average molecular weight is 125 g/mol. The largest absolute Gasteiger partial charge is 0.365 e. The van der Waals surface area contributed by atoms with Crippen LogP contribution in [0.25, 0.3) is 0 Å². The first kappa shape index (κ1) is 6.60. The molecule has 0 saturated carbocycles. The van der Waals surface area contributed by atoms with Gasteiger partial charge in [-0.2, -0.15) is 0 Å². The van der Waals surface area contributed by atoms with Crippen molar-refractivity contribution in [3.63, 3.8) is 0 Å². The van der Waals surface area contributed by atoms with Crippen LogP contribution in [0, 0.1) is 12.3 Å². The SMILES string of the molecule is C#C[C@H]1C[C@@H](N)CCO1. The predicted molar refractivity (Wildman–Crippen MR) is 35.8 cm³/mol. The van der Waals surface area contributed by atoms with Crippen molar-refractivity contribution in [2.75, 3.05) is 6.61 Å². The molecule has 2 heteroatoms. The van der Waals surface area contributed by atoms with E-state index in [0.29, 0.717) is 0 Å². The fourth-order valence-corrected chi connectivity index (χ4v) is 0.939. The van der Waals surface area contributed by atoms with Crippen LogP contribution in [0.5, 0.6) is 0 Å². The topological polar surface area (TPSA) is 35.2 Å². The van der Waals surface area contributed by atoms with Gasteiger partial charge in [0, 0.05) is 19.1 Å². The van der Waals surface area contributed by atoms with E-state index in [1.165, 1.54) is 0 Å². The van der Waals surface area contributed by atoms with Gasteiger partial charge < -0.3 is 10.5 Å². The molecule has 0 unspecified atom stereocenters. The molecule has 0 aromatic carbocycles. The van der Waals surface area contributed by atoms with Crippen LogP contribution in [-0.4, -0.2) is 18.8 Å². The molecule has 0 amide bonds. The second kappa shape index (κ2) is 2.86. The average Bonchev–Trinajstić information content (AvgIpc) is 1.88. The zero-order chi connectivity index (χ0) is 6.69. The summed E-state index contributed by atoms with van der Waals surface area (Å²) in [5, 5.41) is 0. The number of hydrogen-bond acceptors (Lipinski definition) is 2. The molecule has 0 aromatic heterocycles. The molecule has 2 nitrogen and oxygen atoms in total. The second-order valence-corrected chi connectivity index (χ2v) is 2.31. The lowest BCUT2D eigenvalue weighted by Gasteiger charge is -2.22. The van der Waals surface area contributed by atoms with Gasteiger partial charge >= 0.3 is 0 Å². The smallest absolute Gasteiger partial charge is 0.119 e. The molecule has 1 saturated heterocycles. The van der Waals surface area contributed by atoms with Crippen LogP contribution in [0.1, 0.15) is 12.8 Å². The Bertz CT molecular complexity index is 127. The number of ether oxygens (including phenoxy) is 1. The molecule has 9 heavy (non-hydrogen) atoms. The molecule has 1 fully saturated rings. The van der Waals surface area contributed by atoms with Crippen molar-refractivity contribution < 1.29 is 4.74 Å². The highest BCUT2D eigenvalue weighted by Gasteiger charge is 2.16. The number of rotatable bonds is 0. The zero-order valence-corrected chi connectivity index (χ0v) is 5.34. The lowest BCUT2D eigenvalue weighted by Crippen LogP contribution is -2.33. The maximum absolute atomic E-state index is 5.63. The Balaban J connectivity index is 2.34. The maximum Gasteiger partial charge on any atom is 0.119 e. The van der Waals surface area contributed by atoms with Gasteiger partial charge in [0.2, 0.25) is 0 Å². The fraction of sp³-hybridized carbons (Fsp3) is 0.714. The van der Waals surface area contributed by atoms with Crippen LogP contribution in [0.3, 0.4) is 0 Å². The van der Waals surface area contributed by atoms with Gasteiger partial charge in [-0.1, -0.05) is 5.92 Å². The third-order valence-electron chi connectivity index (χ3n) is 1.51. The van der Waals surface area contributed by atoms with Gasteiger partial charge in [-0.15, -0.1) is 6.42 Å². The Morgan fingerprint density at radius 1 is 1.67 bits per heavy atom. The Morgan fingerprint density at radius 2 is 2.44 bits per heavy atom. The Labute approximate surface area is 55.4 Å². The summed E-state index contributed by atoms with van der Waals surface area (Å²) in [5.74, 6) is 2.53. The van der Waals surface area contributed by atoms with Crippen LogP contribution in [0.15, 0.2) is 0 Å². The van der Waals surface area contributed by atoms with Gasteiger partial charge in [0.05, 0.1) is 0 Å². The van der Waals surface area contributed by atoms with E-state index in [2.05, 4.69) is 5.92 Å². The molecule has 1 aliphatic heterocycles. The summed E-state index contributed by atoms with van der Waals surface area (Å²) in [7, 11) is 0. The van der Waals surface area contributed by atoms with E-state index >= 15 is 0 Å². The summed E-state index contributed by atoms with van der Waals surface area (Å²) in [6.07, 6.45) is 6.86. The highest BCUT2D eigenvalue weighted by Crippen LogP contribution is 2.10. The molecule has 0 aromatic rings. The van der Waals surface area contributed by atoms with E-state index in [-0.39, 0.29) is 12.1 Å². The molecular formula is C7H11NO. The van der Waals surface area contributed by atoms with Gasteiger partial charge in [-0.3, -0.25) is 0 Å². The van der Waals surface area contributed by atoms with Gasteiger partial charge in [0.25, 0.3) is 0 Å². The molecule has 0 spiro atoms. The standard InChI is InChI=1S/C7H11NO/c1-2-7-5-6(8)3-4-9-7/h1,6-7H,3-5,8H2/t6-,7-/m0/s1. The summed E-state index contributed by atoms with van der Waals surface area (Å²) in [6.45, 7) is 0.718. The Kier molecular flexibility index (Phi) is 2.10. The summed E-state index contributed by atoms with van der Waals surface area (Å²) < 4.78 is 5.18. The van der Waals surface area contributed by atoms with Crippen LogP contribution < -0.4 is 5.73 Å². The first-order valence-electron chi connectivity index (χ1n) is 3.16. The van der Waals surface area contributed by atoms with Crippen LogP contribution in [-0.2, 0) is 4.74 Å². The van der Waals surface area contributed by atoms with Gasteiger partial charge in [0.1, 0.15) is 6.10 Å². The first-order valence-corrected chi connectivity index (χ1v) is 3.16. The molecule has 2 atom stereocenters. The van der Waals surface area contributed by atoms with Crippen LogP contribution >= 0.6 is 0 Å². The molecule has 1 aliphatic rings. The number of hydrogen-bond donors (Lipinski definition) is 1. The highest BCUT2D eigenvalue weighted by molar-refractivity contribution is 4.97. The quantitative estimate of drug-likeness (QED) is 0.467. The Morgan fingerprint density at radius 3 is 2.89 bits per heavy atom. The van der Waals surface area contributed by atoms with Crippen molar-refractivity contribution in [3.8, 4) is 12.3 Å². The first-order chi connectivity index (χ1) is 4.33. The fourth-order valence-electron chi connectivity index (χ4n) is 0.939. The van der Waals surface area contributed by atoms with E-state index in [4.69, 9.17) is 16.9 Å². The molecule has 50 valence electrons. The number of terminal acetylenes is 1. The van der Waals surface area contributed by atoms with Gasteiger partial charge in [-0.05, 0) is 6.42 Å². The van der Waals surface area contributed by atoms with Crippen LogP contribution in [0.4, 0.5) is 0 Å². The molecule has 1 heterocycles. The van der Waals surface area contributed by atoms with Crippen molar-refractivity contribution in [1.82, 2.24) is 0 Å². The van der Waals surface area contributed by atoms with Crippen molar-refractivity contribution in [1.29, 1.82) is 0 Å². The lowest BCUT2D eigenvalue weighted by molar-refractivity contribution is 0.0435. The minimum absolute atomic E-state index is 0.0336. The van der Waals surface area contributed by atoms with Crippen molar-refractivity contribution in [3.05, 3.63) is 0 Å². The molecule has 0 radical (unpaired) electrons. The van der Waals surface area contributed by atoms with E-state index in [1.54, 1.807) is 0 Å². The molecule has 0 bridgehead atoms. The Hall–Kier alpha value is -0.520. The van der Waals surface area contributed by atoms with Crippen LogP contribution in [0.2, 0.25) is 0 Å². The van der Waals surface area contributed by atoms with E-state index in [0.717, 1.165) is 19.4 Å². The monoisotopic (exact) mass is 125 g/mol. The second-order valence-electron chi connectivity index (χ2n) is 2.31. The molecule has 1 rings (SSSR count). The summed E-state index contributed by atoms with van der Waals surface area (Å²) in [5.41, 5.74) is 5.63. The minimum Gasteiger partial charge on any atom is -0.365 e. The molecular weight excluding hydrogens is 114 g/mol. The summed E-state index contributed by atoms with van der Waals surface area (Å²) in [6, 6.07) is 0.250. The van der Waals surface area contributed by atoms with Crippen molar-refractivity contribution in [2.24, 2.45) is 5.73 Å². The third-order valence-corrected chi connectivity index (χ3v) is 1.51. The van der Waals surface area contributed by atoms with Gasteiger partial charge in [0.15, 0.2) is 0 Å².